The molecule has 1 fully saturated rings. The maximum Gasteiger partial charge on any atom is 0.266 e. The van der Waals surface area contributed by atoms with Gasteiger partial charge < -0.3 is 15.7 Å². The van der Waals surface area contributed by atoms with Gasteiger partial charge in [-0.05, 0) is 25.3 Å². The van der Waals surface area contributed by atoms with Crippen LogP contribution in [0.5, 0.6) is 0 Å². The summed E-state index contributed by atoms with van der Waals surface area (Å²) in [6.07, 6.45) is 0. The lowest BCUT2D eigenvalue weighted by Crippen LogP contribution is -2.51. The van der Waals surface area contributed by atoms with E-state index in [0.29, 0.717) is 30.2 Å². The summed E-state index contributed by atoms with van der Waals surface area (Å²) < 4.78 is 0. The van der Waals surface area contributed by atoms with Gasteiger partial charge in [0.1, 0.15) is 4.88 Å². The lowest BCUT2D eigenvalue weighted by Gasteiger charge is -2.37. The van der Waals surface area contributed by atoms with Gasteiger partial charge in [0.15, 0.2) is 0 Å². The fourth-order valence-corrected chi connectivity index (χ4v) is 3.08. The monoisotopic (exact) mass is 283 g/mol. The smallest absolute Gasteiger partial charge is 0.266 e. The first-order valence-electron chi connectivity index (χ1n) is 6.44. The maximum atomic E-state index is 12.3. The number of carbonyl (C=O) groups is 1. The number of nitrogens with two attached hydrogens (primary N) is 1. The summed E-state index contributed by atoms with van der Waals surface area (Å²) in [6.45, 7) is 7.20. The Kier molecular flexibility index (Phi) is 4.13. The van der Waals surface area contributed by atoms with Gasteiger partial charge in [0.2, 0.25) is 0 Å². The van der Waals surface area contributed by atoms with Gasteiger partial charge in [0.05, 0.1) is 11.3 Å². The number of rotatable bonds is 3. The molecule has 0 aliphatic carbocycles. The molecular weight excluding hydrogens is 262 g/mol. The molecule has 106 valence electrons. The quantitative estimate of drug-likeness (QED) is 0.863. The highest BCUT2D eigenvalue weighted by atomic mass is 32.1. The first-order valence-corrected chi connectivity index (χ1v) is 7.32. The average molecular weight is 283 g/mol. The molecule has 3 N–H and O–H groups in total. The van der Waals surface area contributed by atoms with Gasteiger partial charge >= 0.3 is 0 Å². The Morgan fingerprint density at radius 3 is 2.53 bits per heavy atom. The van der Waals surface area contributed by atoms with Crippen molar-refractivity contribution in [3.8, 4) is 0 Å². The highest BCUT2D eigenvalue weighted by Crippen LogP contribution is 2.21. The van der Waals surface area contributed by atoms with Crippen LogP contribution in [0.2, 0.25) is 0 Å². The zero-order valence-electron chi connectivity index (χ0n) is 11.4. The van der Waals surface area contributed by atoms with Crippen LogP contribution in [0.15, 0.2) is 11.4 Å². The Bertz CT molecular complexity index is 445. The lowest BCUT2D eigenvalue weighted by atomic mass is 10.1. The highest BCUT2D eigenvalue weighted by Gasteiger charge is 2.26. The minimum absolute atomic E-state index is 0.0235. The van der Waals surface area contributed by atoms with Gasteiger partial charge in [-0.1, -0.05) is 0 Å². The third kappa shape index (κ3) is 3.68. The van der Waals surface area contributed by atoms with Crippen LogP contribution in [0, 0.1) is 0 Å². The molecule has 2 rings (SSSR count). The van der Waals surface area contributed by atoms with Crippen LogP contribution in [0.4, 0.5) is 5.69 Å². The SMILES string of the molecule is CC(C)(O)CN1CCN(C(=O)c2sccc2N)CC1. The third-order valence-electron chi connectivity index (χ3n) is 3.16. The van der Waals surface area contributed by atoms with Crippen molar-refractivity contribution in [2.24, 2.45) is 0 Å². The van der Waals surface area contributed by atoms with E-state index in [2.05, 4.69) is 4.90 Å². The number of nitrogens with zero attached hydrogens (tertiary/aromatic N) is 2. The fourth-order valence-electron chi connectivity index (χ4n) is 2.29. The van der Waals surface area contributed by atoms with Gasteiger partial charge in [0.25, 0.3) is 5.91 Å². The number of nitrogen functional groups attached to an aromatic ring is 1. The lowest BCUT2D eigenvalue weighted by molar-refractivity contribution is 0.0180. The third-order valence-corrected chi connectivity index (χ3v) is 4.08. The second-order valence-electron chi connectivity index (χ2n) is 5.59. The van der Waals surface area contributed by atoms with Crippen LogP contribution in [0.3, 0.4) is 0 Å². The highest BCUT2D eigenvalue weighted by molar-refractivity contribution is 7.12. The van der Waals surface area contributed by atoms with E-state index in [9.17, 15) is 9.90 Å². The summed E-state index contributed by atoms with van der Waals surface area (Å²) >= 11 is 1.39. The Labute approximate surface area is 117 Å². The van der Waals surface area contributed by atoms with Crippen molar-refractivity contribution in [2.75, 3.05) is 38.5 Å². The molecule has 1 amide bonds. The summed E-state index contributed by atoms with van der Waals surface area (Å²) in [7, 11) is 0. The van der Waals surface area contributed by atoms with E-state index in [1.165, 1.54) is 11.3 Å². The second-order valence-corrected chi connectivity index (χ2v) is 6.50. The number of hydrogen-bond acceptors (Lipinski definition) is 5. The number of hydrogen-bond donors (Lipinski definition) is 2. The number of thiophene rings is 1. The largest absolute Gasteiger partial charge is 0.397 e. The number of piperazine rings is 1. The fraction of sp³-hybridized carbons (Fsp3) is 0.615. The van der Waals surface area contributed by atoms with Gasteiger partial charge in [-0.2, -0.15) is 0 Å². The summed E-state index contributed by atoms with van der Waals surface area (Å²) in [4.78, 5) is 16.9. The summed E-state index contributed by atoms with van der Waals surface area (Å²) in [5.74, 6) is 0.0235. The van der Waals surface area contributed by atoms with Gasteiger partial charge in [-0.15, -0.1) is 11.3 Å². The van der Waals surface area contributed by atoms with Crippen molar-refractivity contribution >= 4 is 22.9 Å². The number of β-amino-alcohol motifs (C(OH)–C–C–N with tert-alkyl or cyclic N) is 1. The van der Waals surface area contributed by atoms with Crippen LogP contribution >= 0.6 is 11.3 Å². The zero-order chi connectivity index (χ0) is 14.0. The number of aliphatic hydroxyl groups is 1. The number of carbonyl (C=O) groups excluding carboxylic acids is 1. The van der Waals surface area contributed by atoms with Crippen molar-refractivity contribution in [3.63, 3.8) is 0 Å². The molecule has 0 bridgehead atoms. The summed E-state index contributed by atoms with van der Waals surface area (Å²) in [5.41, 5.74) is 5.65. The minimum Gasteiger partial charge on any atom is -0.397 e. The van der Waals surface area contributed by atoms with Crippen LogP contribution < -0.4 is 5.73 Å². The van der Waals surface area contributed by atoms with Gasteiger partial charge in [0, 0.05) is 32.7 Å². The normalized spacial score (nSPS) is 17.7. The number of anilines is 1. The van der Waals surface area contributed by atoms with E-state index < -0.39 is 5.60 Å². The minimum atomic E-state index is -0.690. The molecule has 0 radical (unpaired) electrons. The Morgan fingerprint density at radius 2 is 2.05 bits per heavy atom. The van der Waals surface area contributed by atoms with Crippen LogP contribution in [-0.2, 0) is 0 Å². The molecule has 19 heavy (non-hydrogen) atoms. The summed E-state index contributed by atoms with van der Waals surface area (Å²) in [6, 6.07) is 1.77. The molecule has 0 spiro atoms. The molecule has 0 aromatic carbocycles. The van der Waals surface area contributed by atoms with Crippen molar-refractivity contribution in [3.05, 3.63) is 16.3 Å². The first-order chi connectivity index (χ1) is 8.87. The average Bonchev–Trinajstić information content (AvgIpc) is 2.73. The maximum absolute atomic E-state index is 12.3. The molecule has 0 unspecified atom stereocenters. The van der Waals surface area contributed by atoms with E-state index >= 15 is 0 Å². The number of amides is 1. The molecule has 1 saturated heterocycles. The van der Waals surface area contributed by atoms with E-state index in [1.807, 2.05) is 10.3 Å². The van der Waals surface area contributed by atoms with Crippen molar-refractivity contribution in [1.82, 2.24) is 9.80 Å². The van der Waals surface area contributed by atoms with Gasteiger partial charge in [-0.25, -0.2) is 0 Å². The van der Waals surface area contributed by atoms with E-state index in [-0.39, 0.29) is 5.91 Å². The zero-order valence-corrected chi connectivity index (χ0v) is 12.2. The predicted octanol–water partition coefficient (Wildman–Crippen LogP) is 0.859. The molecule has 1 aliphatic heterocycles. The molecule has 1 aromatic rings. The topological polar surface area (TPSA) is 69.8 Å². The Balaban J connectivity index is 1.90. The standard InChI is InChI=1S/C13H21N3O2S/c1-13(2,18)9-15-4-6-16(7-5-15)12(17)11-10(14)3-8-19-11/h3,8,18H,4-7,9,14H2,1-2H3. The van der Waals surface area contributed by atoms with Gasteiger partial charge in [-0.3, -0.25) is 9.69 Å². The van der Waals surface area contributed by atoms with E-state index in [4.69, 9.17) is 5.73 Å². The molecule has 6 heteroatoms. The van der Waals surface area contributed by atoms with Crippen molar-refractivity contribution < 1.29 is 9.90 Å². The second kappa shape index (κ2) is 5.48. The molecule has 1 aromatic heterocycles. The molecule has 1 aliphatic rings. The molecule has 5 nitrogen and oxygen atoms in total. The van der Waals surface area contributed by atoms with E-state index in [1.54, 1.807) is 19.9 Å². The van der Waals surface area contributed by atoms with Crippen molar-refractivity contribution in [1.29, 1.82) is 0 Å². The van der Waals surface area contributed by atoms with Crippen LogP contribution in [-0.4, -0.2) is 59.1 Å². The van der Waals surface area contributed by atoms with Crippen LogP contribution in [0.25, 0.3) is 0 Å². The Hall–Kier alpha value is -1.11. The molecular formula is C13H21N3O2S. The molecule has 0 atom stereocenters. The molecule has 2 heterocycles. The predicted molar refractivity (Wildman–Crippen MR) is 77.4 cm³/mol. The van der Waals surface area contributed by atoms with Crippen LogP contribution in [0.1, 0.15) is 23.5 Å². The molecule has 0 saturated carbocycles. The first kappa shape index (κ1) is 14.3. The Morgan fingerprint density at radius 1 is 1.42 bits per heavy atom. The van der Waals surface area contributed by atoms with Crippen molar-refractivity contribution in [2.45, 2.75) is 19.4 Å². The van der Waals surface area contributed by atoms with E-state index in [0.717, 1.165) is 13.1 Å². The summed E-state index contributed by atoms with van der Waals surface area (Å²) in [5, 5.41) is 11.6.